The summed E-state index contributed by atoms with van der Waals surface area (Å²) >= 11 is 0. The molecule has 1 atom stereocenters. The van der Waals surface area contributed by atoms with E-state index in [1.54, 1.807) is 13.0 Å². The average Bonchev–Trinajstić information content (AvgIpc) is 3.28. The molecule has 1 aliphatic rings. The highest BCUT2D eigenvalue weighted by Gasteiger charge is 2.36. The molecule has 2 rings (SSSR count). The third-order valence-corrected chi connectivity index (χ3v) is 3.87. The Labute approximate surface area is 127 Å². The fraction of sp³-hybridized carbons (Fsp3) is 0.467. The summed E-state index contributed by atoms with van der Waals surface area (Å²) in [5.74, 6) is -1.98. The fourth-order valence-corrected chi connectivity index (χ4v) is 2.36. The highest BCUT2D eigenvalue weighted by molar-refractivity contribution is 5.97. The number of aliphatic carboxylic acids is 1. The van der Waals surface area contributed by atoms with Crippen LogP contribution >= 0.6 is 0 Å². The molecule has 1 unspecified atom stereocenters. The number of carbonyl (C=O) groups is 2. The van der Waals surface area contributed by atoms with Gasteiger partial charge in [0.25, 0.3) is 11.6 Å². The van der Waals surface area contributed by atoms with Crippen LogP contribution < -0.4 is 0 Å². The Morgan fingerprint density at radius 1 is 1.45 bits per heavy atom. The van der Waals surface area contributed by atoms with Crippen LogP contribution in [0.2, 0.25) is 0 Å². The van der Waals surface area contributed by atoms with Crippen LogP contribution in [0.15, 0.2) is 18.2 Å². The van der Waals surface area contributed by atoms with Gasteiger partial charge in [0.2, 0.25) is 0 Å². The summed E-state index contributed by atoms with van der Waals surface area (Å²) in [5.41, 5.74) is 0.470. The first kappa shape index (κ1) is 15.9. The third kappa shape index (κ3) is 3.24. The highest BCUT2D eigenvalue weighted by Crippen LogP contribution is 2.31. The Bertz CT molecular complexity index is 624. The molecule has 1 fully saturated rings. The minimum atomic E-state index is -0.964. The maximum absolute atomic E-state index is 12.7. The number of benzene rings is 1. The fourth-order valence-electron chi connectivity index (χ4n) is 2.36. The predicted molar refractivity (Wildman–Crippen MR) is 78.7 cm³/mol. The van der Waals surface area contributed by atoms with Crippen molar-refractivity contribution in [3.8, 4) is 0 Å². The molecule has 1 N–H and O–H groups in total. The zero-order valence-corrected chi connectivity index (χ0v) is 12.5. The molecular formula is C15H18N2O5. The zero-order chi connectivity index (χ0) is 16.4. The number of carbonyl (C=O) groups excluding carboxylic acids is 1. The van der Waals surface area contributed by atoms with Gasteiger partial charge in [-0.2, -0.15) is 0 Å². The Morgan fingerprint density at radius 2 is 2.09 bits per heavy atom. The van der Waals surface area contributed by atoms with E-state index in [2.05, 4.69) is 0 Å². The highest BCUT2D eigenvalue weighted by atomic mass is 16.6. The topological polar surface area (TPSA) is 101 Å². The van der Waals surface area contributed by atoms with E-state index >= 15 is 0 Å². The van der Waals surface area contributed by atoms with E-state index in [1.165, 1.54) is 24.0 Å². The van der Waals surface area contributed by atoms with Gasteiger partial charge in [0, 0.05) is 29.8 Å². The van der Waals surface area contributed by atoms with Gasteiger partial charge < -0.3 is 10.0 Å². The van der Waals surface area contributed by atoms with Gasteiger partial charge in [-0.05, 0) is 25.8 Å². The first-order chi connectivity index (χ1) is 10.3. The van der Waals surface area contributed by atoms with Crippen molar-refractivity contribution in [2.24, 2.45) is 5.92 Å². The van der Waals surface area contributed by atoms with E-state index in [9.17, 15) is 19.7 Å². The first-order valence-corrected chi connectivity index (χ1v) is 7.10. The van der Waals surface area contributed by atoms with E-state index in [4.69, 9.17) is 5.11 Å². The van der Waals surface area contributed by atoms with E-state index in [0.29, 0.717) is 5.56 Å². The molecule has 0 spiro atoms. The average molecular weight is 306 g/mol. The lowest BCUT2D eigenvalue weighted by molar-refractivity contribution is -0.385. The lowest BCUT2D eigenvalue weighted by Gasteiger charge is -2.25. The molecule has 1 aromatic rings. The molecule has 118 valence electrons. The minimum absolute atomic E-state index is 0.0352. The number of nitro benzene ring substituents is 1. The zero-order valence-electron chi connectivity index (χ0n) is 12.5. The summed E-state index contributed by atoms with van der Waals surface area (Å²) in [7, 11) is 0. The summed E-state index contributed by atoms with van der Waals surface area (Å²) in [6.07, 6.45) is 1.68. The van der Waals surface area contributed by atoms with Crippen molar-refractivity contribution in [1.29, 1.82) is 0 Å². The monoisotopic (exact) mass is 306 g/mol. The number of amides is 1. The molecule has 22 heavy (non-hydrogen) atoms. The largest absolute Gasteiger partial charge is 0.481 e. The van der Waals surface area contributed by atoms with Crippen molar-refractivity contribution in [2.75, 3.05) is 6.54 Å². The Kier molecular flexibility index (Phi) is 4.44. The summed E-state index contributed by atoms with van der Waals surface area (Å²) in [6, 6.07) is 4.41. The van der Waals surface area contributed by atoms with Crippen LogP contribution in [-0.2, 0) is 4.79 Å². The molecule has 0 bridgehead atoms. The van der Waals surface area contributed by atoms with Crippen molar-refractivity contribution in [2.45, 2.75) is 32.7 Å². The molecule has 0 saturated heterocycles. The van der Waals surface area contributed by atoms with Crippen molar-refractivity contribution in [3.63, 3.8) is 0 Å². The molecule has 1 aliphatic carbocycles. The number of carboxylic acids is 1. The maximum Gasteiger partial charge on any atom is 0.308 e. The second-order valence-corrected chi connectivity index (χ2v) is 5.63. The van der Waals surface area contributed by atoms with Crippen LogP contribution in [0.1, 0.15) is 35.7 Å². The number of nitrogens with zero attached hydrogens (tertiary/aromatic N) is 2. The van der Waals surface area contributed by atoms with E-state index in [-0.39, 0.29) is 29.7 Å². The van der Waals surface area contributed by atoms with Gasteiger partial charge in [-0.3, -0.25) is 19.7 Å². The van der Waals surface area contributed by atoms with Gasteiger partial charge in [-0.25, -0.2) is 0 Å². The smallest absolute Gasteiger partial charge is 0.308 e. The van der Waals surface area contributed by atoms with Crippen molar-refractivity contribution in [1.82, 2.24) is 4.90 Å². The number of carboxylic acid groups (broad SMARTS) is 1. The molecule has 0 radical (unpaired) electrons. The molecule has 1 aromatic carbocycles. The summed E-state index contributed by atoms with van der Waals surface area (Å²) in [5, 5.41) is 20.0. The number of hydrogen-bond acceptors (Lipinski definition) is 4. The number of nitro groups is 1. The van der Waals surface area contributed by atoms with E-state index < -0.39 is 16.8 Å². The summed E-state index contributed by atoms with van der Waals surface area (Å²) in [6.45, 7) is 3.20. The molecule has 0 aromatic heterocycles. The van der Waals surface area contributed by atoms with Gasteiger partial charge in [-0.1, -0.05) is 13.0 Å². The van der Waals surface area contributed by atoms with Gasteiger partial charge in [-0.15, -0.1) is 0 Å². The number of hydrogen-bond donors (Lipinski definition) is 1. The molecule has 7 nitrogen and oxygen atoms in total. The molecule has 0 heterocycles. The van der Waals surface area contributed by atoms with Crippen molar-refractivity contribution >= 4 is 17.6 Å². The van der Waals surface area contributed by atoms with Crippen molar-refractivity contribution in [3.05, 3.63) is 39.4 Å². The van der Waals surface area contributed by atoms with Gasteiger partial charge in [0.05, 0.1) is 10.8 Å². The predicted octanol–water partition coefficient (Wildman–Crippen LogP) is 2.23. The van der Waals surface area contributed by atoms with Crippen LogP contribution in [-0.4, -0.2) is 39.4 Å². The van der Waals surface area contributed by atoms with Gasteiger partial charge in [0.1, 0.15) is 0 Å². The van der Waals surface area contributed by atoms with Crippen LogP contribution in [0.5, 0.6) is 0 Å². The lowest BCUT2D eigenvalue weighted by Crippen LogP contribution is -2.38. The van der Waals surface area contributed by atoms with Crippen molar-refractivity contribution < 1.29 is 19.6 Å². The molecular weight excluding hydrogens is 288 g/mol. The second kappa shape index (κ2) is 6.13. The lowest BCUT2D eigenvalue weighted by atomic mass is 10.0. The van der Waals surface area contributed by atoms with Crippen LogP contribution in [0.25, 0.3) is 0 Å². The Balaban J connectivity index is 2.30. The second-order valence-electron chi connectivity index (χ2n) is 5.63. The van der Waals surface area contributed by atoms with E-state index in [0.717, 1.165) is 12.8 Å². The molecule has 1 amide bonds. The summed E-state index contributed by atoms with van der Waals surface area (Å²) < 4.78 is 0. The van der Waals surface area contributed by atoms with Crippen LogP contribution in [0, 0.1) is 23.0 Å². The van der Waals surface area contributed by atoms with Crippen LogP contribution in [0.3, 0.4) is 0 Å². The SMILES string of the molecule is Cc1c(C(=O)N(CC(C)C(=O)O)C2CC2)cccc1[N+](=O)[O-]. The first-order valence-electron chi connectivity index (χ1n) is 7.10. The Hall–Kier alpha value is -2.44. The van der Waals surface area contributed by atoms with Gasteiger partial charge in [0.15, 0.2) is 0 Å². The maximum atomic E-state index is 12.7. The number of rotatable bonds is 6. The molecule has 7 heteroatoms. The third-order valence-electron chi connectivity index (χ3n) is 3.87. The van der Waals surface area contributed by atoms with Crippen LogP contribution in [0.4, 0.5) is 5.69 Å². The molecule has 0 aliphatic heterocycles. The van der Waals surface area contributed by atoms with E-state index in [1.807, 2.05) is 0 Å². The standard InChI is InChI=1S/C15H18N2O5/c1-9(15(19)20)8-16(11-6-7-11)14(18)12-4-3-5-13(10(12)2)17(21)22/h3-5,9,11H,6-8H2,1-2H3,(H,19,20). The Morgan fingerprint density at radius 3 is 2.59 bits per heavy atom. The molecule has 1 saturated carbocycles. The van der Waals surface area contributed by atoms with Gasteiger partial charge >= 0.3 is 5.97 Å². The summed E-state index contributed by atoms with van der Waals surface area (Å²) in [4.78, 5) is 35.7. The quantitative estimate of drug-likeness (QED) is 0.641. The normalized spacial score (nSPS) is 15.2. The minimum Gasteiger partial charge on any atom is -0.481 e.